The molecule has 3 rings (SSSR count). The van der Waals surface area contributed by atoms with Crippen LogP contribution in [0.25, 0.3) is 0 Å². The lowest BCUT2D eigenvalue weighted by Gasteiger charge is -2.35. The molecule has 0 aromatic heterocycles. The summed E-state index contributed by atoms with van der Waals surface area (Å²) in [5.74, 6) is 2.54. The summed E-state index contributed by atoms with van der Waals surface area (Å²) in [6.45, 7) is 1.99. The minimum atomic E-state index is 0.487. The van der Waals surface area contributed by atoms with Crippen molar-refractivity contribution >= 4 is 0 Å². The van der Waals surface area contributed by atoms with E-state index < -0.39 is 0 Å². The van der Waals surface area contributed by atoms with Crippen molar-refractivity contribution in [3.8, 4) is 0 Å². The van der Waals surface area contributed by atoms with Gasteiger partial charge in [-0.1, -0.05) is 25.7 Å². The first-order chi connectivity index (χ1) is 10.9. The topological polar surface area (TPSA) is 18.5 Å². The highest BCUT2D eigenvalue weighted by Crippen LogP contribution is 2.36. The van der Waals surface area contributed by atoms with Crippen molar-refractivity contribution in [1.29, 1.82) is 0 Å². The van der Waals surface area contributed by atoms with Crippen LogP contribution in [-0.4, -0.2) is 25.4 Å². The second-order valence-corrected chi connectivity index (χ2v) is 7.67. The van der Waals surface area contributed by atoms with E-state index in [1.165, 1.54) is 89.9 Å². The van der Waals surface area contributed by atoms with Gasteiger partial charge in [-0.05, 0) is 70.1 Å². The van der Waals surface area contributed by atoms with Crippen molar-refractivity contribution in [1.82, 2.24) is 0 Å². The summed E-state index contributed by atoms with van der Waals surface area (Å²) < 4.78 is 12.2. The highest BCUT2D eigenvalue weighted by molar-refractivity contribution is 4.99. The van der Waals surface area contributed by atoms with E-state index in [2.05, 4.69) is 0 Å². The molecule has 0 bridgehead atoms. The maximum absolute atomic E-state index is 6.13. The largest absolute Gasteiger partial charge is 0.378 e. The minimum Gasteiger partial charge on any atom is -0.378 e. The zero-order valence-electron chi connectivity index (χ0n) is 14.4. The van der Waals surface area contributed by atoms with E-state index in [0.717, 1.165) is 19.1 Å². The summed E-state index contributed by atoms with van der Waals surface area (Å²) in [6.07, 6.45) is 19.9. The molecule has 0 spiro atoms. The van der Waals surface area contributed by atoms with Gasteiger partial charge >= 0.3 is 0 Å². The third-order valence-electron chi connectivity index (χ3n) is 6.03. The standard InChI is InChI=1S/C20H35O2/c1-2-4-10-18(20-12-6-8-16-22-20)14-13-17(9-3-1)19-11-5-7-15-21-19/h17,19-20H,1-16H2. The lowest BCUT2D eigenvalue weighted by atomic mass is 9.80. The Morgan fingerprint density at radius 1 is 0.591 bits per heavy atom. The zero-order valence-corrected chi connectivity index (χ0v) is 14.4. The van der Waals surface area contributed by atoms with E-state index in [0.29, 0.717) is 12.2 Å². The molecule has 0 aromatic rings. The molecule has 3 aliphatic rings. The number of hydrogen-bond acceptors (Lipinski definition) is 2. The number of hydrogen-bond donors (Lipinski definition) is 0. The van der Waals surface area contributed by atoms with Gasteiger partial charge in [-0.15, -0.1) is 0 Å². The quantitative estimate of drug-likeness (QED) is 0.675. The Morgan fingerprint density at radius 3 is 2.14 bits per heavy atom. The normalized spacial score (nSPS) is 36.8. The SMILES string of the molecule is C1CCCC(C2CCCCO2)CC[C](C2CCCCO2)CC1. The fourth-order valence-electron chi connectivity index (χ4n) is 4.65. The van der Waals surface area contributed by atoms with Gasteiger partial charge < -0.3 is 9.47 Å². The van der Waals surface area contributed by atoms with Crippen LogP contribution in [0.5, 0.6) is 0 Å². The first kappa shape index (κ1) is 16.8. The van der Waals surface area contributed by atoms with Gasteiger partial charge in [-0.3, -0.25) is 0 Å². The smallest absolute Gasteiger partial charge is 0.0637 e. The molecular weight excluding hydrogens is 272 g/mol. The maximum atomic E-state index is 6.13. The zero-order chi connectivity index (χ0) is 15.0. The van der Waals surface area contributed by atoms with E-state index in [-0.39, 0.29) is 0 Å². The van der Waals surface area contributed by atoms with E-state index >= 15 is 0 Å². The molecule has 1 saturated carbocycles. The maximum Gasteiger partial charge on any atom is 0.0637 e. The van der Waals surface area contributed by atoms with Gasteiger partial charge in [0.2, 0.25) is 0 Å². The summed E-state index contributed by atoms with van der Waals surface area (Å²) >= 11 is 0. The van der Waals surface area contributed by atoms with Crippen molar-refractivity contribution in [2.75, 3.05) is 13.2 Å². The van der Waals surface area contributed by atoms with E-state index in [1.54, 1.807) is 5.92 Å². The Labute approximate surface area is 137 Å². The van der Waals surface area contributed by atoms with E-state index in [9.17, 15) is 0 Å². The molecule has 1 aliphatic carbocycles. The van der Waals surface area contributed by atoms with E-state index in [4.69, 9.17) is 9.47 Å². The Morgan fingerprint density at radius 2 is 1.36 bits per heavy atom. The monoisotopic (exact) mass is 307 g/mol. The third-order valence-corrected chi connectivity index (χ3v) is 6.03. The Kier molecular flexibility index (Phi) is 7.07. The summed E-state index contributed by atoms with van der Waals surface area (Å²) in [6, 6.07) is 0. The molecule has 2 nitrogen and oxygen atoms in total. The molecule has 2 heterocycles. The van der Waals surface area contributed by atoms with Crippen molar-refractivity contribution in [2.24, 2.45) is 5.92 Å². The predicted octanol–water partition coefficient (Wildman–Crippen LogP) is 5.45. The molecule has 0 N–H and O–H groups in total. The Hall–Kier alpha value is -0.0800. The van der Waals surface area contributed by atoms with Crippen LogP contribution in [0.4, 0.5) is 0 Å². The molecule has 3 atom stereocenters. The lowest BCUT2D eigenvalue weighted by Crippen LogP contribution is -2.31. The van der Waals surface area contributed by atoms with Gasteiger partial charge in [0.05, 0.1) is 12.2 Å². The van der Waals surface area contributed by atoms with Gasteiger partial charge in [0.25, 0.3) is 0 Å². The van der Waals surface area contributed by atoms with Crippen LogP contribution in [0, 0.1) is 11.8 Å². The second-order valence-electron chi connectivity index (χ2n) is 7.67. The fourth-order valence-corrected chi connectivity index (χ4v) is 4.65. The molecule has 2 aliphatic heterocycles. The Balaban J connectivity index is 1.56. The van der Waals surface area contributed by atoms with Crippen molar-refractivity contribution in [2.45, 2.75) is 102 Å². The van der Waals surface area contributed by atoms with Gasteiger partial charge in [0.15, 0.2) is 0 Å². The average Bonchev–Trinajstić information content (AvgIpc) is 2.60. The van der Waals surface area contributed by atoms with Gasteiger partial charge in [-0.2, -0.15) is 0 Å². The van der Waals surface area contributed by atoms with Gasteiger partial charge in [0.1, 0.15) is 0 Å². The summed E-state index contributed by atoms with van der Waals surface area (Å²) in [4.78, 5) is 0. The molecule has 1 radical (unpaired) electrons. The molecule has 0 amide bonds. The molecule has 22 heavy (non-hydrogen) atoms. The van der Waals surface area contributed by atoms with Crippen molar-refractivity contribution in [3.63, 3.8) is 0 Å². The number of rotatable bonds is 2. The van der Waals surface area contributed by atoms with Crippen LogP contribution in [0.2, 0.25) is 0 Å². The summed E-state index contributed by atoms with van der Waals surface area (Å²) in [7, 11) is 0. The summed E-state index contributed by atoms with van der Waals surface area (Å²) in [5.41, 5.74) is 0. The molecule has 2 saturated heterocycles. The van der Waals surface area contributed by atoms with Crippen LogP contribution >= 0.6 is 0 Å². The van der Waals surface area contributed by atoms with Crippen LogP contribution < -0.4 is 0 Å². The number of ether oxygens (including phenoxy) is 2. The highest BCUT2D eigenvalue weighted by atomic mass is 16.5. The summed E-state index contributed by atoms with van der Waals surface area (Å²) in [5, 5.41) is 0. The van der Waals surface area contributed by atoms with Crippen molar-refractivity contribution in [3.05, 3.63) is 5.92 Å². The second kappa shape index (κ2) is 9.27. The van der Waals surface area contributed by atoms with Crippen LogP contribution in [0.15, 0.2) is 0 Å². The van der Waals surface area contributed by atoms with Crippen LogP contribution in [-0.2, 0) is 9.47 Å². The first-order valence-corrected chi connectivity index (χ1v) is 10.0. The Bertz CT molecular complexity index is 262. The molecule has 127 valence electrons. The van der Waals surface area contributed by atoms with Gasteiger partial charge in [0, 0.05) is 19.1 Å². The molecule has 3 fully saturated rings. The van der Waals surface area contributed by atoms with Gasteiger partial charge in [-0.25, -0.2) is 0 Å². The average molecular weight is 307 g/mol. The molecule has 3 unspecified atom stereocenters. The van der Waals surface area contributed by atoms with Crippen LogP contribution in [0.3, 0.4) is 0 Å². The third kappa shape index (κ3) is 4.96. The molecule has 0 aromatic carbocycles. The fraction of sp³-hybridized carbons (Fsp3) is 0.950. The highest BCUT2D eigenvalue weighted by Gasteiger charge is 2.29. The van der Waals surface area contributed by atoms with E-state index in [1.807, 2.05) is 0 Å². The minimum absolute atomic E-state index is 0.487. The molecule has 2 heteroatoms. The van der Waals surface area contributed by atoms with Crippen LogP contribution in [0.1, 0.15) is 89.9 Å². The van der Waals surface area contributed by atoms with Crippen molar-refractivity contribution < 1.29 is 9.47 Å². The lowest BCUT2D eigenvalue weighted by molar-refractivity contribution is -0.0286. The first-order valence-electron chi connectivity index (χ1n) is 10.0. The molecular formula is C20H35O2. The predicted molar refractivity (Wildman–Crippen MR) is 90.9 cm³/mol.